The van der Waals surface area contributed by atoms with Crippen LogP contribution in [0.25, 0.3) is 0 Å². The lowest BCUT2D eigenvalue weighted by molar-refractivity contribution is 0.106. The Morgan fingerprint density at radius 2 is 0.690 bits per heavy atom. The Labute approximate surface area is 194 Å². The van der Waals surface area contributed by atoms with Crippen molar-refractivity contribution < 1.29 is 31.5 Å². The van der Waals surface area contributed by atoms with Gasteiger partial charge in [-0.1, -0.05) is 0 Å². The molecule has 13 heteroatoms. The summed E-state index contributed by atoms with van der Waals surface area (Å²) in [4.78, 5) is 0. The lowest BCUT2D eigenvalue weighted by Crippen LogP contribution is -2.07. The van der Waals surface area contributed by atoms with Crippen molar-refractivity contribution in [3.05, 3.63) is 0 Å². The zero-order valence-corrected chi connectivity index (χ0v) is 21.4. The van der Waals surface area contributed by atoms with Gasteiger partial charge in [-0.3, -0.25) is 18.1 Å². The quantitative estimate of drug-likeness (QED) is 0.0807. The Bertz CT molecular complexity index is 403. The fourth-order valence-electron chi connectivity index (χ4n) is 1.78. The van der Waals surface area contributed by atoms with E-state index in [0.29, 0.717) is 74.9 Å². The average Bonchev–Trinajstić information content (AvgIpc) is 2.70. The summed E-state index contributed by atoms with van der Waals surface area (Å²) in [6.07, 6.45) is 4.81. The van der Waals surface area contributed by atoms with Crippen LogP contribution in [0.2, 0.25) is 0 Å². The highest BCUT2D eigenvalue weighted by Gasteiger charge is 2.40. The minimum Gasteiger partial charge on any atom is -0.287 e. The van der Waals surface area contributed by atoms with Crippen LogP contribution in [0.1, 0.15) is 51.4 Å². The summed E-state index contributed by atoms with van der Waals surface area (Å²) in [7, 11) is -8.37. The van der Waals surface area contributed by atoms with E-state index in [1.807, 2.05) is 0 Å². The topological polar surface area (TPSA) is 80.3 Å². The molecule has 0 unspecified atom stereocenters. The predicted octanol–water partition coefficient (Wildman–Crippen LogP) is 7.36. The molecule has 0 fully saturated rings. The number of alkyl halides is 4. The standard InChI is InChI=1S/C16H32Cl4O7P2/c17-9-1-5-13-23-28(21,24-14-6-2-10-18)27-29(22,25-15-7-3-11-19)26-16-8-4-12-20/h1-16H2. The van der Waals surface area contributed by atoms with Gasteiger partial charge in [0.1, 0.15) is 0 Å². The van der Waals surface area contributed by atoms with E-state index < -0.39 is 15.6 Å². The van der Waals surface area contributed by atoms with Gasteiger partial charge in [0.05, 0.1) is 26.4 Å². The fraction of sp³-hybridized carbons (Fsp3) is 1.00. The Kier molecular flexibility index (Phi) is 21.0. The summed E-state index contributed by atoms with van der Waals surface area (Å²) in [5.74, 6) is 1.77. The molecule has 0 aliphatic heterocycles. The highest BCUT2D eigenvalue weighted by atomic mass is 35.5. The number of unbranched alkanes of at least 4 members (excludes halogenated alkanes) is 4. The van der Waals surface area contributed by atoms with Gasteiger partial charge in [0.25, 0.3) is 0 Å². The molecule has 7 nitrogen and oxygen atoms in total. The first-order chi connectivity index (χ1) is 13.9. The molecule has 0 N–H and O–H groups in total. The molecule has 0 heterocycles. The molecule has 0 saturated carbocycles. The number of phosphoric acid groups is 2. The van der Waals surface area contributed by atoms with Crippen molar-refractivity contribution >= 4 is 62.0 Å². The van der Waals surface area contributed by atoms with E-state index in [0.717, 1.165) is 0 Å². The minimum atomic E-state index is -4.18. The highest BCUT2D eigenvalue weighted by Crippen LogP contribution is 2.66. The third kappa shape index (κ3) is 17.6. The summed E-state index contributed by atoms with van der Waals surface area (Å²) < 4.78 is 52.5. The normalized spacial score (nSPS) is 12.6. The predicted molar refractivity (Wildman–Crippen MR) is 120 cm³/mol. The zero-order valence-electron chi connectivity index (χ0n) is 16.6. The van der Waals surface area contributed by atoms with E-state index in [2.05, 4.69) is 0 Å². The number of phosphoric ester groups is 2. The van der Waals surface area contributed by atoms with Crippen molar-refractivity contribution in [1.82, 2.24) is 0 Å². The van der Waals surface area contributed by atoms with E-state index in [1.165, 1.54) is 0 Å². The Morgan fingerprint density at radius 3 is 0.897 bits per heavy atom. The maximum absolute atomic E-state index is 13.0. The molecule has 0 aliphatic rings. The summed E-state index contributed by atoms with van der Waals surface area (Å²) in [5, 5.41) is 0. The molecule has 0 aromatic rings. The van der Waals surface area contributed by atoms with Crippen LogP contribution in [0, 0.1) is 0 Å². The van der Waals surface area contributed by atoms with Crippen molar-refractivity contribution in [2.45, 2.75) is 51.4 Å². The van der Waals surface area contributed by atoms with Crippen LogP contribution < -0.4 is 0 Å². The second-order valence-corrected chi connectivity index (χ2v) is 10.9. The van der Waals surface area contributed by atoms with Gasteiger partial charge in [0.15, 0.2) is 0 Å². The molecule has 0 spiro atoms. The molecular weight excluding hydrogens is 508 g/mol. The van der Waals surface area contributed by atoms with Gasteiger partial charge in [-0.25, -0.2) is 9.13 Å². The van der Waals surface area contributed by atoms with Gasteiger partial charge in [-0.2, -0.15) is 4.31 Å². The summed E-state index contributed by atoms with van der Waals surface area (Å²) in [6.45, 7) is 0.270. The Hall–Kier alpha value is 1.42. The first-order valence-electron chi connectivity index (χ1n) is 9.68. The van der Waals surface area contributed by atoms with E-state index in [1.54, 1.807) is 0 Å². The molecule has 0 aromatic heterocycles. The highest BCUT2D eigenvalue weighted by molar-refractivity contribution is 7.62. The van der Waals surface area contributed by atoms with Crippen LogP contribution in [-0.4, -0.2) is 49.9 Å². The molecule has 0 radical (unpaired) electrons. The number of rotatable bonds is 22. The SMILES string of the molecule is O=P(OCCCCCl)(OCCCCCl)OP(=O)(OCCCCCl)OCCCCCl. The van der Waals surface area contributed by atoms with Gasteiger partial charge < -0.3 is 0 Å². The first kappa shape index (κ1) is 30.4. The summed E-state index contributed by atoms with van der Waals surface area (Å²) in [6, 6.07) is 0. The van der Waals surface area contributed by atoms with Crippen molar-refractivity contribution in [3.63, 3.8) is 0 Å². The van der Waals surface area contributed by atoms with Crippen molar-refractivity contribution in [2.24, 2.45) is 0 Å². The van der Waals surface area contributed by atoms with Crippen molar-refractivity contribution in [3.8, 4) is 0 Å². The first-order valence-corrected chi connectivity index (χ1v) is 14.7. The number of hydrogen-bond acceptors (Lipinski definition) is 7. The van der Waals surface area contributed by atoms with E-state index in [-0.39, 0.29) is 26.4 Å². The monoisotopic (exact) mass is 538 g/mol. The van der Waals surface area contributed by atoms with E-state index >= 15 is 0 Å². The smallest absolute Gasteiger partial charge is 0.287 e. The van der Waals surface area contributed by atoms with Crippen LogP contribution in [-0.2, 0) is 31.5 Å². The van der Waals surface area contributed by atoms with Gasteiger partial charge in [-0.05, 0) is 51.4 Å². The van der Waals surface area contributed by atoms with Gasteiger partial charge >= 0.3 is 15.6 Å². The van der Waals surface area contributed by atoms with E-state index in [9.17, 15) is 9.13 Å². The van der Waals surface area contributed by atoms with Crippen LogP contribution >= 0.6 is 62.0 Å². The minimum absolute atomic E-state index is 0.0675. The van der Waals surface area contributed by atoms with Crippen LogP contribution in [0.3, 0.4) is 0 Å². The maximum Gasteiger partial charge on any atom is 0.483 e. The third-order valence-corrected chi connectivity index (χ3v) is 7.97. The molecule has 0 saturated heterocycles. The van der Waals surface area contributed by atoms with Gasteiger partial charge in [0.2, 0.25) is 0 Å². The summed E-state index contributed by atoms with van der Waals surface area (Å²) >= 11 is 22.6. The molecule has 0 aliphatic carbocycles. The third-order valence-electron chi connectivity index (χ3n) is 3.31. The largest absolute Gasteiger partial charge is 0.483 e. The molecule has 0 amide bonds. The maximum atomic E-state index is 13.0. The number of hydrogen-bond donors (Lipinski definition) is 0. The van der Waals surface area contributed by atoms with Gasteiger partial charge in [0, 0.05) is 23.5 Å². The van der Waals surface area contributed by atoms with E-state index in [4.69, 9.17) is 68.8 Å². The fourth-order valence-corrected chi connectivity index (χ4v) is 5.83. The second-order valence-electron chi connectivity index (χ2n) is 5.89. The molecular formula is C16H32Cl4O7P2. The van der Waals surface area contributed by atoms with Crippen LogP contribution in [0.15, 0.2) is 0 Å². The Balaban J connectivity index is 5.01. The van der Waals surface area contributed by atoms with Crippen LogP contribution in [0.5, 0.6) is 0 Å². The lowest BCUT2D eigenvalue weighted by atomic mass is 10.4. The molecule has 0 bridgehead atoms. The zero-order chi connectivity index (χ0) is 21.8. The molecule has 29 heavy (non-hydrogen) atoms. The van der Waals surface area contributed by atoms with Gasteiger partial charge in [-0.15, -0.1) is 46.4 Å². The second kappa shape index (κ2) is 20.1. The summed E-state index contributed by atoms with van der Waals surface area (Å²) in [5.41, 5.74) is 0. The molecule has 0 rings (SSSR count). The average molecular weight is 540 g/mol. The molecule has 176 valence electrons. The Morgan fingerprint density at radius 1 is 0.448 bits per heavy atom. The molecule has 0 atom stereocenters. The number of halogens is 4. The molecule has 0 aromatic carbocycles. The van der Waals surface area contributed by atoms with Crippen molar-refractivity contribution in [2.75, 3.05) is 49.9 Å². The van der Waals surface area contributed by atoms with Crippen molar-refractivity contribution in [1.29, 1.82) is 0 Å². The lowest BCUT2D eigenvalue weighted by Gasteiger charge is -2.23. The van der Waals surface area contributed by atoms with Crippen LogP contribution in [0.4, 0.5) is 0 Å².